The number of ether oxygens (including phenoxy) is 1. The van der Waals surface area contributed by atoms with Crippen LogP contribution in [-0.2, 0) is 0 Å². The van der Waals surface area contributed by atoms with Crippen molar-refractivity contribution in [2.24, 2.45) is 0 Å². The van der Waals surface area contributed by atoms with Crippen LogP contribution in [0.25, 0.3) is 11.1 Å². The summed E-state index contributed by atoms with van der Waals surface area (Å²) in [5, 5.41) is 0. The van der Waals surface area contributed by atoms with Gasteiger partial charge in [-0.05, 0) is 18.2 Å². The second kappa shape index (κ2) is 2.27. The maximum absolute atomic E-state index is 5.15. The molecule has 3 nitrogen and oxygen atoms in total. The number of hydrogen-bond acceptors (Lipinski definition) is 3. The van der Waals surface area contributed by atoms with Crippen molar-refractivity contribution in [3.05, 3.63) is 24.3 Å². The highest BCUT2D eigenvalue weighted by atomic mass is 16.6. The van der Waals surface area contributed by atoms with Gasteiger partial charge in [-0.3, -0.25) is 0 Å². The molecule has 0 aliphatic carbocycles. The van der Waals surface area contributed by atoms with Gasteiger partial charge in [-0.15, -0.1) is 0 Å². The predicted octanol–water partition coefficient (Wildman–Crippen LogP) is 1.64. The number of hydrogen-bond donors (Lipinski definition) is 0. The van der Waals surface area contributed by atoms with Gasteiger partial charge in [0.25, 0.3) is 0 Å². The molecule has 1 heterocycles. The maximum atomic E-state index is 5.15. The molecule has 1 radical (unpaired) electrons. The Bertz CT molecular complexity index is 334. The van der Waals surface area contributed by atoms with Crippen LogP contribution in [0.4, 0.5) is 0 Å². The summed E-state index contributed by atoms with van der Waals surface area (Å²) in [4.78, 5) is 4.02. The summed E-state index contributed by atoms with van der Waals surface area (Å²) in [6, 6.07) is 8.21. The van der Waals surface area contributed by atoms with E-state index in [1.54, 1.807) is 12.1 Å². The minimum Gasteiger partial charge on any atom is -0.453 e. The molecule has 1 aromatic heterocycles. The Morgan fingerprint density at radius 1 is 1.64 bits per heavy atom. The lowest BCUT2D eigenvalue weighted by molar-refractivity contribution is 0.299. The number of oxazole rings is 1. The van der Waals surface area contributed by atoms with Crippen LogP contribution in [0.1, 0.15) is 0 Å². The van der Waals surface area contributed by atoms with Crippen molar-refractivity contribution in [1.29, 1.82) is 0 Å². The van der Waals surface area contributed by atoms with Gasteiger partial charge >= 0.3 is 6.08 Å². The Morgan fingerprint density at radius 2 is 2.55 bits per heavy atom. The third-order valence-electron chi connectivity index (χ3n) is 1.39. The van der Waals surface area contributed by atoms with E-state index in [-0.39, 0.29) is 0 Å². The zero-order chi connectivity index (χ0) is 7.68. The summed E-state index contributed by atoms with van der Waals surface area (Å²) >= 11 is 0. The molecule has 1 aromatic carbocycles. The number of methoxy groups -OCH3 is 1. The fraction of sp³-hybridized carbons (Fsp3) is 0.125. The topological polar surface area (TPSA) is 35.3 Å². The normalized spacial score (nSPS) is 10.3. The molecule has 2 rings (SSSR count). The minimum atomic E-state index is 0.291. The lowest BCUT2D eigenvalue weighted by Gasteiger charge is -1.84. The third kappa shape index (κ3) is 0.941. The molecule has 0 bridgehead atoms. The zero-order valence-corrected chi connectivity index (χ0v) is 6.00. The van der Waals surface area contributed by atoms with Gasteiger partial charge in [0.05, 0.1) is 7.11 Å². The van der Waals surface area contributed by atoms with E-state index in [1.165, 1.54) is 7.11 Å². The largest absolute Gasteiger partial charge is 0.453 e. The van der Waals surface area contributed by atoms with Crippen molar-refractivity contribution in [3.8, 4) is 6.08 Å². The monoisotopic (exact) mass is 148 g/mol. The summed E-state index contributed by atoms with van der Waals surface area (Å²) in [6.07, 6.45) is 0.291. The van der Waals surface area contributed by atoms with Crippen molar-refractivity contribution >= 4 is 11.1 Å². The average Bonchev–Trinajstić information content (AvgIpc) is 2.46. The van der Waals surface area contributed by atoms with Crippen LogP contribution in [-0.4, -0.2) is 12.1 Å². The number of nitrogens with zero attached hydrogens (tertiary/aromatic N) is 1. The first-order valence-corrected chi connectivity index (χ1v) is 3.21. The second-order valence-electron chi connectivity index (χ2n) is 2.08. The van der Waals surface area contributed by atoms with Gasteiger partial charge in [0, 0.05) is 0 Å². The molecule has 0 spiro atoms. The molecule has 0 atom stereocenters. The highest BCUT2D eigenvalue weighted by Gasteiger charge is 2.02. The van der Waals surface area contributed by atoms with E-state index >= 15 is 0 Å². The van der Waals surface area contributed by atoms with Crippen molar-refractivity contribution in [3.63, 3.8) is 0 Å². The Morgan fingerprint density at radius 3 is 3.27 bits per heavy atom. The molecule has 0 aliphatic rings. The van der Waals surface area contributed by atoms with Gasteiger partial charge in [-0.25, -0.2) is 0 Å². The molecule has 0 fully saturated rings. The van der Waals surface area contributed by atoms with E-state index in [4.69, 9.17) is 9.15 Å². The van der Waals surface area contributed by atoms with Crippen LogP contribution in [0.5, 0.6) is 6.08 Å². The lowest BCUT2D eigenvalue weighted by atomic mass is 10.3. The SMILES string of the molecule is COc1nc2cc[c]cc2o1. The van der Waals surface area contributed by atoms with Gasteiger partial charge in [0.15, 0.2) is 5.58 Å². The van der Waals surface area contributed by atoms with E-state index in [1.807, 2.05) is 6.07 Å². The van der Waals surface area contributed by atoms with Gasteiger partial charge in [0.1, 0.15) is 5.52 Å². The molecule has 0 saturated carbocycles. The maximum Gasteiger partial charge on any atom is 0.394 e. The van der Waals surface area contributed by atoms with Crippen molar-refractivity contribution in [1.82, 2.24) is 4.98 Å². The number of aromatic nitrogens is 1. The lowest BCUT2D eigenvalue weighted by Crippen LogP contribution is -1.79. The van der Waals surface area contributed by atoms with E-state index < -0.39 is 0 Å². The third-order valence-corrected chi connectivity index (χ3v) is 1.39. The highest BCUT2D eigenvalue weighted by Crippen LogP contribution is 2.18. The van der Waals surface area contributed by atoms with E-state index in [0.717, 1.165) is 5.52 Å². The van der Waals surface area contributed by atoms with Crippen LogP contribution in [0.15, 0.2) is 22.6 Å². The summed E-state index contributed by atoms with van der Waals surface area (Å²) in [6.45, 7) is 0. The van der Waals surface area contributed by atoms with Gasteiger partial charge in [-0.1, -0.05) is 6.07 Å². The van der Waals surface area contributed by atoms with Gasteiger partial charge in [0.2, 0.25) is 0 Å². The van der Waals surface area contributed by atoms with E-state index in [2.05, 4.69) is 11.1 Å². The fourth-order valence-corrected chi connectivity index (χ4v) is 0.884. The average molecular weight is 148 g/mol. The molecular weight excluding hydrogens is 142 g/mol. The van der Waals surface area contributed by atoms with E-state index in [9.17, 15) is 0 Å². The molecule has 2 aromatic rings. The summed E-state index contributed by atoms with van der Waals surface area (Å²) < 4.78 is 9.96. The Labute approximate surface area is 63.6 Å². The molecule has 0 amide bonds. The summed E-state index contributed by atoms with van der Waals surface area (Å²) in [7, 11) is 1.52. The Hall–Kier alpha value is -1.51. The van der Waals surface area contributed by atoms with Crippen LogP contribution in [0, 0.1) is 6.07 Å². The van der Waals surface area contributed by atoms with Crippen LogP contribution >= 0.6 is 0 Å². The number of benzene rings is 1. The van der Waals surface area contributed by atoms with Crippen molar-refractivity contribution in [2.75, 3.05) is 7.11 Å². The minimum absolute atomic E-state index is 0.291. The van der Waals surface area contributed by atoms with E-state index in [0.29, 0.717) is 11.7 Å². The van der Waals surface area contributed by atoms with Crippen LogP contribution < -0.4 is 4.74 Å². The Balaban J connectivity index is 2.69. The molecule has 0 unspecified atom stereocenters. The first-order valence-electron chi connectivity index (χ1n) is 3.21. The van der Waals surface area contributed by atoms with Gasteiger partial charge < -0.3 is 9.15 Å². The molecule has 0 saturated heterocycles. The predicted molar refractivity (Wildman–Crippen MR) is 39.4 cm³/mol. The van der Waals surface area contributed by atoms with Gasteiger partial charge in [-0.2, -0.15) is 4.98 Å². The highest BCUT2D eigenvalue weighted by molar-refractivity contribution is 5.72. The zero-order valence-electron chi connectivity index (χ0n) is 6.00. The number of rotatable bonds is 1. The molecule has 0 N–H and O–H groups in total. The number of fused-ring (bicyclic) bond motifs is 1. The first kappa shape index (κ1) is 6.22. The standard InChI is InChI=1S/C8H6NO2/c1-10-8-9-6-4-2-3-5-7(6)11-8/h2,4-5H,1H3. The fourth-order valence-electron chi connectivity index (χ4n) is 0.884. The molecule has 3 heteroatoms. The quantitative estimate of drug-likeness (QED) is 0.616. The molecule has 0 aliphatic heterocycles. The molecule has 55 valence electrons. The summed E-state index contributed by atoms with van der Waals surface area (Å²) in [5.74, 6) is 0. The van der Waals surface area contributed by atoms with Crippen LogP contribution in [0.2, 0.25) is 0 Å². The van der Waals surface area contributed by atoms with Crippen molar-refractivity contribution in [2.45, 2.75) is 0 Å². The van der Waals surface area contributed by atoms with Crippen LogP contribution in [0.3, 0.4) is 0 Å². The molecular formula is C8H6NO2. The summed E-state index contributed by atoms with van der Waals surface area (Å²) in [5.41, 5.74) is 1.49. The first-order chi connectivity index (χ1) is 5.40. The van der Waals surface area contributed by atoms with Crippen molar-refractivity contribution < 1.29 is 9.15 Å². The second-order valence-corrected chi connectivity index (χ2v) is 2.08. The Kier molecular flexibility index (Phi) is 1.28. The smallest absolute Gasteiger partial charge is 0.394 e. The molecule has 11 heavy (non-hydrogen) atoms.